The van der Waals surface area contributed by atoms with Gasteiger partial charge < -0.3 is 0 Å². The lowest BCUT2D eigenvalue weighted by Gasteiger charge is -2.18. The second-order valence-electron chi connectivity index (χ2n) is 5.25. The van der Waals surface area contributed by atoms with E-state index in [4.69, 9.17) is 0 Å². The number of benzene rings is 3. The number of nitro benzene ring substituents is 1. The minimum Gasteiger partial charge on any atom is -0.258 e. The van der Waals surface area contributed by atoms with Gasteiger partial charge in [-0.25, -0.2) is 4.39 Å². The van der Waals surface area contributed by atoms with E-state index in [-0.39, 0.29) is 17.4 Å². The second kappa shape index (κ2) is 6.40. The number of hydrogen-bond donors (Lipinski definition) is 0. The zero-order valence-electron chi connectivity index (χ0n) is 12.2. The Labute approximate surface area is 133 Å². The van der Waals surface area contributed by atoms with Crippen molar-refractivity contribution in [1.29, 1.82) is 0 Å². The third-order valence-electron chi connectivity index (χ3n) is 3.75. The first kappa shape index (κ1) is 14.9. The molecule has 3 aromatic rings. The molecule has 1 unspecified atom stereocenters. The number of nitro groups is 1. The molecule has 0 aliphatic carbocycles. The van der Waals surface area contributed by atoms with Crippen LogP contribution in [0.2, 0.25) is 0 Å². The van der Waals surface area contributed by atoms with Crippen LogP contribution in [0.1, 0.15) is 22.6 Å². The van der Waals surface area contributed by atoms with Gasteiger partial charge in [0.05, 0.1) is 4.92 Å². The Morgan fingerprint density at radius 1 is 0.783 bits per heavy atom. The molecule has 3 rings (SSSR count). The van der Waals surface area contributed by atoms with Crippen LogP contribution in [0.3, 0.4) is 0 Å². The lowest BCUT2D eigenvalue weighted by atomic mass is 9.85. The molecule has 0 radical (unpaired) electrons. The predicted octanol–water partition coefficient (Wildman–Crippen LogP) is 4.91. The molecule has 0 fully saturated rings. The van der Waals surface area contributed by atoms with E-state index in [0.717, 1.165) is 16.7 Å². The summed E-state index contributed by atoms with van der Waals surface area (Å²) in [6.07, 6.45) is 0. The first-order valence-corrected chi connectivity index (χ1v) is 7.20. The zero-order valence-corrected chi connectivity index (χ0v) is 12.2. The average molecular weight is 307 g/mol. The molecule has 0 saturated heterocycles. The number of hydrogen-bond acceptors (Lipinski definition) is 2. The summed E-state index contributed by atoms with van der Waals surface area (Å²) in [5.41, 5.74) is 2.74. The molecule has 0 heterocycles. The lowest BCUT2D eigenvalue weighted by molar-refractivity contribution is -0.384. The molecule has 0 spiro atoms. The SMILES string of the molecule is O=[N+]([O-])c1cccc(C(c2ccccc2)c2ccc(F)cc2)c1. The van der Waals surface area contributed by atoms with Gasteiger partial charge in [-0.2, -0.15) is 0 Å². The highest BCUT2D eigenvalue weighted by atomic mass is 19.1. The van der Waals surface area contributed by atoms with Crippen LogP contribution in [0.25, 0.3) is 0 Å². The van der Waals surface area contributed by atoms with Gasteiger partial charge in [0.2, 0.25) is 0 Å². The quantitative estimate of drug-likeness (QED) is 0.390. The Hall–Kier alpha value is -3.01. The summed E-state index contributed by atoms with van der Waals surface area (Å²) < 4.78 is 13.2. The van der Waals surface area contributed by atoms with E-state index in [2.05, 4.69) is 0 Å². The monoisotopic (exact) mass is 307 g/mol. The fourth-order valence-corrected chi connectivity index (χ4v) is 2.70. The fraction of sp³-hybridized carbons (Fsp3) is 0.0526. The van der Waals surface area contributed by atoms with Gasteiger partial charge in [0.15, 0.2) is 0 Å². The van der Waals surface area contributed by atoms with Gasteiger partial charge in [-0.15, -0.1) is 0 Å². The van der Waals surface area contributed by atoms with Gasteiger partial charge >= 0.3 is 0 Å². The van der Waals surface area contributed by atoms with Gasteiger partial charge in [0, 0.05) is 18.1 Å². The Bertz CT molecular complexity index is 816. The minimum atomic E-state index is -0.407. The number of non-ortho nitro benzene ring substituents is 1. The molecule has 3 aromatic carbocycles. The molecule has 0 aliphatic heterocycles. The Kier molecular flexibility index (Phi) is 4.15. The molecule has 0 aromatic heterocycles. The smallest absolute Gasteiger partial charge is 0.258 e. The maximum atomic E-state index is 13.2. The van der Waals surface area contributed by atoms with E-state index in [1.807, 2.05) is 36.4 Å². The van der Waals surface area contributed by atoms with Gasteiger partial charge in [0.1, 0.15) is 5.82 Å². The summed E-state index contributed by atoms with van der Waals surface area (Å²) in [7, 11) is 0. The Morgan fingerprint density at radius 2 is 1.39 bits per heavy atom. The maximum absolute atomic E-state index is 13.2. The van der Waals surface area contributed by atoms with Crippen LogP contribution >= 0.6 is 0 Å². The fourth-order valence-electron chi connectivity index (χ4n) is 2.70. The van der Waals surface area contributed by atoms with E-state index in [0.29, 0.717) is 0 Å². The summed E-state index contributed by atoms with van der Waals surface area (Å²) in [4.78, 5) is 10.6. The molecule has 0 aliphatic rings. The first-order valence-electron chi connectivity index (χ1n) is 7.20. The van der Waals surface area contributed by atoms with Crippen molar-refractivity contribution >= 4 is 5.69 Å². The Balaban J connectivity index is 2.14. The summed E-state index contributed by atoms with van der Waals surface area (Å²) in [5, 5.41) is 11.0. The van der Waals surface area contributed by atoms with Crippen LogP contribution in [-0.4, -0.2) is 4.92 Å². The number of rotatable bonds is 4. The lowest BCUT2D eigenvalue weighted by Crippen LogP contribution is -2.04. The third-order valence-corrected chi connectivity index (χ3v) is 3.75. The molecule has 1 atom stereocenters. The minimum absolute atomic E-state index is 0.0468. The van der Waals surface area contributed by atoms with Crippen LogP contribution in [0.4, 0.5) is 10.1 Å². The molecule has 0 N–H and O–H groups in total. The van der Waals surface area contributed by atoms with Gasteiger partial charge in [-0.3, -0.25) is 10.1 Å². The number of halogens is 1. The standard InChI is InChI=1S/C19H14FNO2/c20-17-11-9-15(10-12-17)19(14-5-2-1-3-6-14)16-7-4-8-18(13-16)21(22)23/h1-13,19H. The van der Waals surface area contributed by atoms with E-state index >= 15 is 0 Å². The normalized spacial score (nSPS) is 11.9. The Morgan fingerprint density at radius 3 is 2.04 bits per heavy atom. The molecule has 0 amide bonds. The van der Waals surface area contributed by atoms with E-state index in [1.165, 1.54) is 18.2 Å². The zero-order chi connectivity index (χ0) is 16.2. The van der Waals surface area contributed by atoms with Crippen molar-refractivity contribution in [1.82, 2.24) is 0 Å². The van der Waals surface area contributed by atoms with Crippen LogP contribution in [0.5, 0.6) is 0 Å². The molecule has 3 nitrogen and oxygen atoms in total. The molecule has 0 saturated carbocycles. The van der Waals surface area contributed by atoms with Crippen molar-refractivity contribution in [2.45, 2.75) is 5.92 Å². The van der Waals surface area contributed by atoms with Crippen LogP contribution < -0.4 is 0 Å². The van der Waals surface area contributed by atoms with Crippen molar-refractivity contribution in [2.24, 2.45) is 0 Å². The average Bonchev–Trinajstić information content (AvgIpc) is 2.58. The highest BCUT2D eigenvalue weighted by molar-refractivity contribution is 5.46. The summed E-state index contributed by atoms with van der Waals surface area (Å²) in [5.74, 6) is -0.490. The maximum Gasteiger partial charge on any atom is 0.269 e. The predicted molar refractivity (Wildman–Crippen MR) is 86.9 cm³/mol. The molecule has 23 heavy (non-hydrogen) atoms. The topological polar surface area (TPSA) is 43.1 Å². The third kappa shape index (κ3) is 3.26. The second-order valence-corrected chi connectivity index (χ2v) is 5.25. The van der Waals surface area contributed by atoms with Gasteiger partial charge in [-0.05, 0) is 28.8 Å². The van der Waals surface area contributed by atoms with Gasteiger partial charge in [0.25, 0.3) is 5.69 Å². The highest BCUT2D eigenvalue weighted by Gasteiger charge is 2.19. The van der Waals surface area contributed by atoms with Crippen molar-refractivity contribution in [3.05, 3.63) is 111 Å². The summed E-state index contributed by atoms with van der Waals surface area (Å²) in [6, 6.07) is 22.5. The molecular weight excluding hydrogens is 293 g/mol. The van der Waals surface area contributed by atoms with Crippen molar-refractivity contribution in [3.8, 4) is 0 Å². The summed E-state index contributed by atoms with van der Waals surface area (Å²) in [6.45, 7) is 0. The largest absolute Gasteiger partial charge is 0.269 e. The van der Waals surface area contributed by atoms with Crippen molar-refractivity contribution in [3.63, 3.8) is 0 Å². The molecular formula is C19H14FNO2. The number of nitrogens with zero attached hydrogens (tertiary/aromatic N) is 1. The summed E-state index contributed by atoms with van der Waals surface area (Å²) >= 11 is 0. The van der Waals surface area contributed by atoms with Crippen molar-refractivity contribution < 1.29 is 9.31 Å². The van der Waals surface area contributed by atoms with Crippen LogP contribution in [0, 0.1) is 15.9 Å². The van der Waals surface area contributed by atoms with Crippen LogP contribution in [0.15, 0.2) is 78.9 Å². The first-order chi connectivity index (χ1) is 11.1. The van der Waals surface area contributed by atoms with Crippen LogP contribution in [-0.2, 0) is 0 Å². The van der Waals surface area contributed by atoms with E-state index < -0.39 is 4.92 Å². The highest BCUT2D eigenvalue weighted by Crippen LogP contribution is 2.33. The molecule has 114 valence electrons. The molecule has 0 bridgehead atoms. The van der Waals surface area contributed by atoms with Gasteiger partial charge in [-0.1, -0.05) is 54.6 Å². The van der Waals surface area contributed by atoms with Crippen molar-refractivity contribution in [2.75, 3.05) is 0 Å². The molecule has 4 heteroatoms. The van der Waals surface area contributed by atoms with E-state index in [1.54, 1.807) is 24.3 Å². The van der Waals surface area contributed by atoms with E-state index in [9.17, 15) is 14.5 Å².